The van der Waals surface area contributed by atoms with E-state index in [0.717, 1.165) is 16.7 Å². The van der Waals surface area contributed by atoms with Crippen molar-refractivity contribution in [1.82, 2.24) is 0 Å². The molecule has 0 atom stereocenters. The highest BCUT2D eigenvalue weighted by Crippen LogP contribution is 2.24. The second-order valence-corrected chi connectivity index (χ2v) is 4.74. The maximum absolute atomic E-state index is 11.2. The van der Waals surface area contributed by atoms with Gasteiger partial charge in [0.05, 0.1) is 11.3 Å². The molecular weight excluding hydrogens is 260 g/mol. The van der Waals surface area contributed by atoms with Crippen molar-refractivity contribution in [3.8, 4) is 6.07 Å². The molecule has 0 heterocycles. The molecule has 0 bridgehead atoms. The Bertz CT molecular complexity index is 725. The van der Waals surface area contributed by atoms with Crippen LogP contribution in [0.15, 0.2) is 42.5 Å². The van der Waals surface area contributed by atoms with Crippen molar-refractivity contribution in [3.63, 3.8) is 0 Å². The lowest BCUT2D eigenvalue weighted by Crippen LogP contribution is -2.08. The summed E-state index contributed by atoms with van der Waals surface area (Å²) in [6.45, 7) is 3.31. The maximum atomic E-state index is 11.2. The molecule has 2 aromatic carbocycles. The number of rotatable bonds is 3. The lowest BCUT2D eigenvalue weighted by atomic mass is 10.00. The topological polar surface area (TPSA) is 52.9 Å². The summed E-state index contributed by atoms with van der Waals surface area (Å²) in [4.78, 5) is 11.2. The summed E-state index contributed by atoms with van der Waals surface area (Å²) < 4.78 is 0. The molecule has 1 amide bonds. The number of carbonyl (C=O) groups excluding carboxylic acids is 1. The number of hydrogen-bond donors (Lipinski definition) is 1. The number of nitrogens with zero attached hydrogens (tertiary/aromatic N) is 1. The van der Waals surface area contributed by atoms with Gasteiger partial charge in [0.25, 0.3) is 0 Å². The quantitative estimate of drug-likeness (QED) is 0.861. The molecule has 0 aliphatic rings. The molecular formula is C18H16N2O. The number of carbonyl (C=O) groups is 1. The van der Waals surface area contributed by atoms with E-state index in [2.05, 4.69) is 11.4 Å². The molecule has 3 heteroatoms. The van der Waals surface area contributed by atoms with Crippen molar-refractivity contribution in [2.24, 2.45) is 0 Å². The van der Waals surface area contributed by atoms with E-state index < -0.39 is 0 Å². The van der Waals surface area contributed by atoms with Gasteiger partial charge >= 0.3 is 0 Å². The summed E-state index contributed by atoms with van der Waals surface area (Å²) >= 11 is 0. The van der Waals surface area contributed by atoms with Gasteiger partial charge < -0.3 is 5.32 Å². The van der Waals surface area contributed by atoms with E-state index in [9.17, 15) is 10.1 Å². The Balaban J connectivity index is 2.36. The zero-order chi connectivity index (χ0) is 15.2. The minimum atomic E-state index is -0.182. The van der Waals surface area contributed by atoms with Crippen LogP contribution in [-0.4, -0.2) is 5.91 Å². The first-order valence-electron chi connectivity index (χ1n) is 6.66. The van der Waals surface area contributed by atoms with Crippen LogP contribution in [0.2, 0.25) is 0 Å². The first kappa shape index (κ1) is 14.5. The molecule has 0 saturated carbocycles. The molecule has 0 aliphatic heterocycles. The molecule has 2 aromatic rings. The second-order valence-electron chi connectivity index (χ2n) is 4.74. The molecule has 0 radical (unpaired) electrons. The van der Waals surface area contributed by atoms with Gasteiger partial charge in [0, 0.05) is 6.92 Å². The molecule has 0 saturated heterocycles. The van der Waals surface area contributed by atoms with E-state index in [0.29, 0.717) is 11.3 Å². The standard InChI is InChI=1S/C18H16N2O/c1-13-16(9-8-15-6-4-3-5-7-15)10-11-18(17(13)12-19)20-14(2)21/h3-11H,1-2H3,(H,20,21). The predicted octanol–water partition coefficient (Wildman–Crippen LogP) is 4.00. The summed E-state index contributed by atoms with van der Waals surface area (Å²) in [6.07, 6.45) is 3.98. The van der Waals surface area contributed by atoms with Crippen LogP contribution in [0.3, 0.4) is 0 Å². The highest BCUT2D eigenvalue weighted by molar-refractivity contribution is 5.91. The SMILES string of the molecule is CC(=O)Nc1ccc(C=Cc2ccccc2)c(C)c1C#N. The van der Waals surface area contributed by atoms with E-state index in [1.807, 2.05) is 55.5 Å². The van der Waals surface area contributed by atoms with Gasteiger partial charge in [0.15, 0.2) is 0 Å². The highest BCUT2D eigenvalue weighted by atomic mass is 16.1. The lowest BCUT2D eigenvalue weighted by Gasteiger charge is -2.09. The Morgan fingerprint density at radius 1 is 1.14 bits per heavy atom. The van der Waals surface area contributed by atoms with Gasteiger partial charge in [-0.3, -0.25) is 4.79 Å². The lowest BCUT2D eigenvalue weighted by molar-refractivity contribution is -0.114. The van der Waals surface area contributed by atoms with Crippen molar-refractivity contribution in [2.45, 2.75) is 13.8 Å². The number of hydrogen-bond acceptors (Lipinski definition) is 2. The molecule has 2 rings (SSSR count). The van der Waals surface area contributed by atoms with Crippen LogP contribution >= 0.6 is 0 Å². The van der Waals surface area contributed by atoms with E-state index >= 15 is 0 Å². The van der Waals surface area contributed by atoms with Crippen molar-refractivity contribution in [2.75, 3.05) is 5.32 Å². The average Bonchev–Trinajstić information content (AvgIpc) is 2.47. The van der Waals surface area contributed by atoms with Gasteiger partial charge in [-0.2, -0.15) is 5.26 Å². The summed E-state index contributed by atoms with van der Waals surface area (Å²) in [7, 11) is 0. The van der Waals surface area contributed by atoms with Gasteiger partial charge in [-0.1, -0.05) is 48.6 Å². The van der Waals surface area contributed by atoms with Crippen molar-refractivity contribution in [1.29, 1.82) is 5.26 Å². The van der Waals surface area contributed by atoms with Crippen LogP contribution in [0.1, 0.15) is 29.2 Å². The van der Waals surface area contributed by atoms with Crippen LogP contribution in [-0.2, 0) is 4.79 Å². The van der Waals surface area contributed by atoms with Crippen LogP contribution < -0.4 is 5.32 Å². The third kappa shape index (κ3) is 3.58. The smallest absolute Gasteiger partial charge is 0.221 e. The molecule has 3 nitrogen and oxygen atoms in total. The van der Waals surface area contributed by atoms with Crippen molar-refractivity contribution in [3.05, 3.63) is 64.7 Å². The van der Waals surface area contributed by atoms with Crippen LogP contribution in [0, 0.1) is 18.3 Å². The van der Waals surface area contributed by atoms with Gasteiger partial charge in [0.1, 0.15) is 6.07 Å². The third-order valence-corrected chi connectivity index (χ3v) is 3.18. The summed E-state index contributed by atoms with van der Waals surface area (Å²) in [6, 6.07) is 15.8. The van der Waals surface area contributed by atoms with Crippen molar-refractivity contribution < 1.29 is 4.79 Å². The molecule has 0 aromatic heterocycles. The maximum Gasteiger partial charge on any atom is 0.221 e. The molecule has 0 aliphatic carbocycles. The Kier molecular flexibility index (Phi) is 4.53. The van der Waals surface area contributed by atoms with Gasteiger partial charge in [-0.05, 0) is 29.7 Å². The third-order valence-electron chi connectivity index (χ3n) is 3.18. The van der Waals surface area contributed by atoms with Gasteiger partial charge in [-0.25, -0.2) is 0 Å². The van der Waals surface area contributed by atoms with Crippen LogP contribution in [0.25, 0.3) is 12.2 Å². The van der Waals surface area contributed by atoms with Crippen LogP contribution in [0.5, 0.6) is 0 Å². The largest absolute Gasteiger partial charge is 0.325 e. The summed E-state index contributed by atoms with van der Waals surface area (Å²) in [5.41, 5.74) is 3.97. The number of benzene rings is 2. The Morgan fingerprint density at radius 3 is 2.48 bits per heavy atom. The Hall–Kier alpha value is -2.86. The predicted molar refractivity (Wildman–Crippen MR) is 85.6 cm³/mol. The molecule has 0 fully saturated rings. The fourth-order valence-electron chi connectivity index (χ4n) is 2.10. The molecule has 0 unspecified atom stereocenters. The fraction of sp³-hybridized carbons (Fsp3) is 0.111. The molecule has 0 spiro atoms. The van der Waals surface area contributed by atoms with E-state index in [1.165, 1.54) is 6.92 Å². The number of anilines is 1. The first-order valence-corrected chi connectivity index (χ1v) is 6.66. The summed E-state index contributed by atoms with van der Waals surface area (Å²) in [5.74, 6) is -0.182. The zero-order valence-electron chi connectivity index (χ0n) is 12.1. The number of nitrogens with one attached hydrogen (secondary N) is 1. The Labute approximate surface area is 124 Å². The number of nitriles is 1. The minimum absolute atomic E-state index is 0.182. The second kappa shape index (κ2) is 6.53. The first-order chi connectivity index (χ1) is 10.1. The van der Waals surface area contributed by atoms with E-state index in [-0.39, 0.29) is 5.91 Å². The highest BCUT2D eigenvalue weighted by Gasteiger charge is 2.09. The Morgan fingerprint density at radius 2 is 1.86 bits per heavy atom. The fourth-order valence-corrected chi connectivity index (χ4v) is 2.10. The van der Waals surface area contributed by atoms with Gasteiger partial charge in [-0.15, -0.1) is 0 Å². The average molecular weight is 276 g/mol. The summed E-state index contributed by atoms with van der Waals surface area (Å²) in [5, 5.41) is 12.0. The van der Waals surface area contributed by atoms with Gasteiger partial charge in [0.2, 0.25) is 5.91 Å². The van der Waals surface area contributed by atoms with Crippen LogP contribution in [0.4, 0.5) is 5.69 Å². The molecule has 104 valence electrons. The van der Waals surface area contributed by atoms with E-state index in [4.69, 9.17) is 0 Å². The molecule has 1 N–H and O–H groups in total. The molecule has 21 heavy (non-hydrogen) atoms. The van der Waals surface area contributed by atoms with E-state index in [1.54, 1.807) is 6.07 Å². The minimum Gasteiger partial charge on any atom is -0.325 e. The van der Waals surface area contributed by atoms with Crippen molar-refractivity contribution >= 4 is 23.7 Å². The number of amides is 1. The monoisotopic (exact) mass is 276 g/mol. The zero-order valence-corrected chi connectivity index (χ0v) is 12.1. The normalized spacial score (nSPS) is 10.3.